The average Bonchev–Trinajstić information content (AvgIpc) is 2.88. The maximum atomic E-state index is 11.2. The third-order valence-corrected chi connectivity index (χ3v) is 3.76. The maximum absolute atomic E-state index is 11.2. The van der Waals surface area contributed by atoms with Crippen LogP contribution in [0.1, 0.15) is 18.4 Å². The molecule has 5 nitrogen and oxygen atoms in total. The minimum atomic E-state index is -0.837. The van der Waals surface area contributed by atoms with Crippen LogP contribution < -0.4 is 0 Å². The molecule has 1 aromatic rings. The lowest BCUT2D eigenvalue weighted by Gasteiger charge is -2.29. The van der Waals surface area contributed by atoms with Gasteiger partial charge in [0.15, 0.2) is 0 Å². The molecule has 1 aromatic carbocycles. The van der Waals surface area contributed by atoms with Crippen LogP contribution in [0.4, 0.5) is 4.79 Å². The molecule has 1 aliphatic rings. The summed E-state index contributed by atoms with van der Waals surface area (Å²) in [7, 11) is 0. The number of nitrogens with zero attached hydrogens (tertiary/aromatic N) is 2. The van der Waals surface area contributed by atoms with Crippen molar-refractivity contribution in [2.24, 2.45) is 0 Å². The molecule has 1 unspecified atom stereocenters. The van der Waals surface area contributed by atoms with Gasteiger partial charge in [-0.2, -0.15) is 0 Å². The zero-order valence-corrected chi connectivity index (χ0v) is 11.6. The van der Waals surface area contributed by atoms with Gasteiger partial charge in [-0.3, -0.25) is 4.90 Å². The second-order valence-corrected chi connectivity index (χ2v) is 5.22. The standard InChI is InChI=1S/C15H22N2O3/c18-10-9-16(11-13-5-2-1-3-6-13)12-14-7-4-8-17(14)15(19)20/h1-3,5-6,14,18H,4,7-12H2,(H,19,20). The van der Waals surface area contributed by atoms with Crippen molar-refractivity contribution >= 4 is 6.09 Å². The number of benzene rings is 1. The van der Waals surface area contributed by atoms with Crippen LogP contribution in [0.5, 0.6) is 0 Å². The van der Waals surface area contributed by atoms with Crippen LogP contribution in [0, 0.1) is 0 Å². The van der Waals surface area contributed by atoms with Gasteiger partial charge >= 0.3 is 6.09 Å². The molecule has 0 radical (unpaired) electrons. The lowest BCUT2D eigenvalue weighted by atomic mass is 10.1. The van der Waals surface area contributed by atoms with E-state index in [0.717, 1.165) is 19.4 Å². The van der Waals surface area contributed by atoms with Crippen LogP contribution in [0.15, 0.2) is 30.3 Å². The van der Waals surface area contributed by atoms with Crippen molar-refractivity contribution in [2.75, 3.05) is 26.2 Å². The van der Waals surface area contributed by atoms with Crippen molar-refractivity contribution in [3.63, 3.8) is 0 Å². The van der Waals surface area contributed by atoms with Crippen molar-refractivity contribution < 1.29 is 15.0 Å². The number of likely N-dealkylation sites (tertiary alicyclic amines) is 1. The van der Waals surface area contributed by atoms with Crippen LogP contribution in [0.3, 0.4) is 0 Å². The van der Waals surface area contributed by atoms with Crippen molar-refractivity contribution in [3.05, 3.63) is 35.9 Å². The first-order valence-electron chi connectivity index (χ1n) is 7.07. The number of rotatable bonds is 6. The summed E-state index contributed by atoms with van der Waals surface area (Å²) in [5.74, 6) is 0. The highest BCUT2D eigenvalue weighted by Gasteiger charge is 2.29. The normalized spacial score (nSPS) is 18.7. The molecule has 1 atom stereocenters. The largest absolute Gasteiger partial charge is 0.465 e. The molecular weight excluding hydrogens is 256 g/mol. The fourth-order valence-corrected chi connectivity index (χ4v) is 2.79. The van der Waals surface area contributed by atoms with E-state index >= 15 is 0 Å². The highest BCUT2D eigenvalue weighted by Crippen LogP contribution is 2.19. The van der Waals surface area contributed by atoms with E-state index in [4.69, 9.17) is 0 Å². The number of hydrogen-bond donors (Lipinski definition) is 2. The van der Waals surface area contributed by atoms with E-state index in [-0.39, 0.29) is 12.6 Å². The van der Waals surface area contributed by atoms with Crippen LogP contribution in [0.25, 0.3) is 0 Å². The second kappa shape index (κ2) is 7.26. The molecule has 1 fully saturated rings. The molecule has 5 heteroatoms. The third-order valence-electron chi connectivity index (χ3n) is 3.76. The van der Waals surface area contributed by atoms with Gasteiger partial charge in [-0.15, -0.1) is 0 Å². The summed E-state index contributed by atoms with van der Waals surface area (Å²) in [6, 6.07) is 10.1. The Morgan fingerprint density at radius 3 is 2.75 bits per heavy atom. The molecule has 0 aromatic heterocycles. The molecule has 0 bridgehead atoms. The predicted molar refractivity (Wildman–Crippen MR) is 76.6 cm³/mol. The molecule has 2 rings (SSSR count). The molecule has 0 saturated carbocycles. The van der Waals surface area contributed by atoms with Gasteiger partial charge < -0.3 is 15.1 Å². The average molecular weight is 278 g/mol. The van der Waals surface area contributed by atoms with Gasteiger partial charge in [0.2, 0.25) is 0 Å². The highest BCUT2D eigenvalue weighted by atomic mass is 16.4. The molecule has 0 aliphatic carbocycles. The Kier molecular flexibility index (Phi) is 5.38. The monoisotopic (exact) mass is 278 g/mol. The zero-order chi connectivity index (χ0) is 14.4. The molecule has 1 saturated heterocycles. The van der Waals surface area contributed by atoms with E-state index in [1.165, 1.54) is 10.5 Å². The van der Waals surface area contributed by atoms with Crippen LogP contribution in [-0.4, -0.2) is 58.4 Å². The molecule has 2 N–H and O–H groups in total. The Labute approximate surface area is 119 Å². The highest BCUT2D eigenvalue weighted by molar-refractivity contribution is 5.65. The lowest BCUT2D eigenvalue weighted by molar-refractivity contribution is 0.116. The van der Waals surface area contributed by atoms with E-state index in [2.05, 4.69) is 4.90 Å². The molecule has 1 heterocycles. The molecule has 1 amide bonds. The number of aliphatic hydroxyl groups is 1. The molecule has 1 aliphatic heterocycles. The van der Waals surface area contributed by atoms with Crippen molar-refractivity contribution in [2.45, 2.75) is 25.4 Å². The van der Waals surface area contributed by atoms with Gasteiger partial charge in [0.25, 0.3) is 0 Å². The van der Waals surface area contributed by atoms with E-state index in [1.54, 1.807) is 0 Å². The van der Waals surface area contributed by atoms with Crippen molar-refractivity contribution in [1.82, 2.24) is 9.80 Å². The van der Waals surface area contributed by atoms with Crippen LogP contribution >= 0.6 is 0 Å². The summed E-state index contributed by atoms with van der Waals surface area (Å²) >= 11 is 0. The summed E-state index contributed by atoms with van der Waals surface area (Å²) in [5, 5.41) is 18.4. The molecule has 20 heavy (non-hydrogen) atoms. The fourth-order valence-electron chi connectivity index (χ4n) is 2.79. The molecule has 0 spiro atoms. The van der Waals surface area contributed by atoms with Crippen LogP contribution in [0.2, 0.25) is 0 Å². The quantitative estimate of drug-likeness (QED) is 0.830. The SMILES string of the molecule is O=C(O)N1CCCC1CN(CCO)Cc1ccccc1. The summed E-state index contributed by atoms with van der Waals surface area (Å²) in [4.78, 5) is 14.8. The summed E-state index contributed by atoms with van der Waals surface area (Å²) in [5.41, 5.74) is 1.18. The van der Waals surface area contributed by atoms with Gasteiger partial charge in [0.05, 0.1) is 6.61 Å². The maximum Gasteiger partial charge on any atom is 0.407 e. The Morgan fingerprint density at radius 1 is 1.35 bits per heavy atom. The molecular formula is C15H22N2O3. The summed E-state index contributed by atoms with van der Waals surface area (Å²) < 4.78 is 0. The fraction of sp³-hybridized carbons (Fsp3) is 0.533. The predicted octanol–water partition coefficient (Wildman–Crippen LogP) is 1.62. The smallest absolute Gasteiger partial charge is 0.407 e. The lowest BCUT2D eigenvalue weighted by Crippen LogP contribution is -2.43. The first-order valence-corrected chi connectivity index (χ1v) is 7.07. The second-order valence-electron chi connectivity index (χ2n) is 5.22. The number of hydrogen-bond acceptors (Lipinski definition) is 3. The van der Waals surface area contributed by atoms with Gasteiger partial charge in [-0.05, 0) is 18.4 Å². The van der Waals surface area contributed by atoms with Gasteiger partial charge in [-0.25, -0.2) is 4.79 Å². The number of amides is 1. The van der Waals surface area contributed by atoms with E-state index < -0.39 is 6.09 Å². The Morgan fingerprint density at radius 2 is 2.10 bits per heavy atom. The Hall–Kier alpha value is -1.59. The van der Waals surface area contributed by atoms with Gasteiger partial charge in [0.1, 0.15) is 0 Å². The summed E-state index contributed by atoms with van der Waals surface area (Å²) in [6.07, 6.45) is 0.995. The minimum absolute atomic E-state index is 0.0442. The number of carboxylic acid groups (broad SMARTS) is 1. The number of carbonyl (C=O) groups is 1. The number of aliphatic hydroxyl groups excluding tert-OH is 1. The van der Waals surface area contributed by atoms with Crippen molar-refractivity contribution in [1.29, 1.82) is 0 Å². The molecule has 110 valence electrons. The van der Waals surface area contributed by atoms with Crippen molar-refractivity contribution in [3.8, 4) is 0 Å². The zero-order valence-electron chi connectivity index (χ0n) is 11.6. The third kappa shape index (κ3) is 3.95. The minimum Gasteiger partial charge on any atom is -0.465 e. The van der Waals surface area contributed by atoms with E-state index in [1.807, 2.05) is 30.3 Å². The summed E-state index contributed by atoms with van der Waals surface area (Å²) in [6.45, 7) is 2.71. The Bertz CT molecular complexity index is 424. The van der Waals surface area contributed by atoms with E-state index in [0.29, 0.717) is 19.6 Å². The van der Waals surface area contributed by atoms with E-state index in [9.17, 15) is 15.0 Å². The first-order chi connectivity index (χ1) is 9.70. The van der Waals surface area contributed by atoms with Gasteiger partial charge in [-0.1, -0.05) is 30.3 Å². The Balaban J connectivity index is 1.96. The van der Waals surface area contributed by atoms with Crippen LogP contribution in [-0.2, 0) is 6.54 Å². The topological polar surface area (TPSA) is 64.0 Å². The van der Waals surface area contributed by atoms with Gasteiger partial charge in [0, 0.05) is 32.2 Å². The first kappa shape index (κ1) is 14.8.